The first-order valence-corrected chi connectivity index (χ1v) is 6.26. The topological polar surface area (TPSA) is 44.8 Å². The van der Waals surface area contributed by atoms with E-state index in [2.05, 4.69) is 0 Å². The molecule has 0 saturated carbocycles. The Bertz CT molecular complexity index is 610. The van der Waals surface area contributed by atoms with Crippen LogP contribution in [-0.2, 0) is 4.79 Å². The minimum Gasteiger partial charge on any atom is -0.497 e. The highest BCUT2D eigenvalue weighted by Gasteiger charge is 2.27. The third kappa shape index (κ3) is 1.90. The van der Waals surface area contributed by atoms with Crippen molar-refractivity contribution in [2.75, 3.05) is 14.2 Å². The largest absolute Gasteiger partial charge is 0.497 e. The summed E-state index contributed by atoms with van der Waals surface area (Å²) >= 11 is 0. The van der Waals surface area contributed by atoms with Crippen LogP contribution < -0.4 is 14.2 Å². The predicted octanol–water partition coefficient (Wildman–Crippen LogP) is 3.14. The summed E-state index contributed by atoms with van der Waals surface area (Å²) in [6.07, 6.45) is 0.930. The zero-order valence-corrected chi connectivity index (χ0v) is 11.3. The van der Waals surface area contributed by atoms with Crippen molar-refractivity contribution < 1.29 is 19.0 Å². The number of fused-ring (bicyclic) bond motifs is 2. The number of ether oxygens (including phenoxy) is 3. The normalized spacial score (nSPS) is 12.9. The monoisotopic (exact) mass is 270 g/mol. The van der Waals surface area contributed by atoms with Crippen molar-refractivity contribution in [3.63, 3.8) is 0 Å². The molecule has 0 N–H and O–H groups in total. The summed E-state index contributed by atoms with van der Waals surface area (Å²) in [5.74, 6) is 2.34. The van der Waals surface area contributed by atoms with Crippen LogP contribution in [0, 0.1) is 0 Å². The highest BCUT2D eigenvalue weighted by atomic mass is 16.5. The van der Waals surface area contributed by atoms with E-state index < -0.39 is 0 Å². The van der Waals surface area contributed by atoms with Gasteiger partial charge in [-0.2, -0.15) is 0 Å². The van der Waals surface area contributed by atoms with Crippen molar-refractivity contribution in [3.8, 4) is 23.0 Å². The summed E-state index contributed by atoms with van der Waals surface area (Å²) < 4.78 is 16.3. The second-order valence-electron chi connectivity index (χ2n) is 4.52. The molecule has 0 fully saturated rings. The SMILES string of the molecule is COc1ccc2c(c1)Oc1cc(OC)ccc1C2C=O. The number of rotatable bonds is 3. The predicted molar refractivity (Wildman–Crippen MR) is 74.0 cm³/mol. The lowest BCUT2D eigenvalue weighted by molar-refractivity contribution is -0.108. The molecule has 4 heteroatoms. The van der Waals surface area contributed by atoms with E-state index in [1.165, 1.54) is 0 Å². The first kappa shape index (κ1) is 12.5. The third-order valence-electron chi connectivity index (χ3n) is 3.47. The van der Waals surface area contributed by atoms with Crippen molar-refractivity contribution in [1.82, 2.24) is 0 Å². The third-order valence-corrected chi connectivity index (χ3v) is 3.47. The molecule has 0 radical (unpaired) electrons. The van der Waals surface area contributed by atoms with Gasteiger partial charge in [-0.1, -0.05) is 12.1 Å². The molecule has 2 aromatic carbocycles. The highest BCUT2D eigenvalue weighted by Crippen LogP contribution is 2.45. The molecule has 1 aliphatic rings. The molecule has 0 spiro atoms. The van der Waals surface area contributed by atoms with Crippen LogP contribution in [0.25, 0.3) is 0 Å². The average molecular weight is 270 g/mol. The van der Waals surface area contributed by atoms with Gasteiger partial charge in [0.25, 0.3) is 0 Å². The smallest absolute Gasteiger partial charge is 0.135 e. The van der Waals surface area contributed by atoms with E-state index in [1.54, 1.807) is 26.4 Å². The van der Waals surface area contributed by atoms with E-state index in [4.69, 9.17) is 14.2 Å². The van der Waals surface area contributed by atoms with E-state index in [-0.39, 0.29) is 5.92 Å². The standard InChI is InChI=1S/C16H14O4/c1-18-10-3-5-12-14(9-17)13-6-4-11(19-2)8-16(13)20-15(12)7-10/h3-9,14H,1-2H3. The van der Waals surface area contributed by atoms with Gasteiger partial charge in [0.2, 0.25) is 0 Å². The molecule has 2 aromatic rings. The summed E-state index contributed by atoms with van der Waals surface area (Å²) in [4.78, 5) is 11.5. The number of methoxy groups -OCH3 is 2. The lowest BCUT2D eigenvalue weighted by atomic mass is 9.89. The van der Waals surface area contributed by atoms with Gasteiger partial charge in [0.15, 0.2) is 0 Å². The minimum absolute atomic E-state index is 0.328. The summed E-state index contributed by atoms with van der Waals surface area (Å²) in [6, 6.07) is 10.9. The van der Waals surface area contributed by atoms with Crippen molar-refractivity contribution in [2.24, 2.45) is 0 Å². The van der Waals surface area contributed by atoms with E-state index in [0.717, 1.165) is 17.4 Å². The number of benzene rings is 2. The fraction of sp³-hybridized carbons (Fsp3) is 0.188. The van der Waals surface area contributed by atoms with Crippen LogP contribution in [0.5, 0.6) is 23.0 Å². The van der Waals surface area contributed by atoms with E-state index >= 15 is 0 Å². The Labute approximate surface area is 116 Å². The maximum Gasteiger partial charge on any atom is 0.135 e. The van der Waals surface area contributed by atoms with Gasteiger partial charge >= 0.3 is 0 Å². The Balaban J connectivity index is 2.13. The quantitative estimate of drug-likeness (QED) is 0.804. The molecule has 0 aliphatic carbocycles. The molecule has 20 heavy (non-hydrogen) atoms. The lowest BCUT2D eigenvalue weighted by Crippen LogP contribution is -2.11. The Morgan fingerprint density at radius 1 is 0.950 bits per heavy atom. The average Bonchev–Trinajstić information content (AvgIpc) is 2.51. The first-order valence-electron chi connectivity index (χ1n) is 6.26. The van der Waals surface area contributed by atoms with Gasteiger partial charge in [-0.25, -0.2) is 0 Å². The van der Waals surface area contributed by atoms with Crippen LogP contribution in [0.3, 0.4) is 0 Å². The number of carbonyl (C=O) groups is 1. The maximum atomic E-state index is 11.5. The van der Waals surface area contributed by atoms with Crippen LogP contribution in [0.1, 0.15) is 17.0 Å². The number of hydrogen-bond donors (Lipinski definition) is 0. The Hall–Kier alpha value is -2.49. The Kier molecular flexibility index (Phi) is 3.06. The first-order chi connectivity index (χ1) is 9.76. The molecule has 1 heterocycles. The van der Waals surface area contributed by atoms with Crippen molar-refractivity contribution in [1.29, 1.82) is 0 Å². The summed E-state index contributed by atoms with van der Waals surface area (Å²) in [5.41, 5.74) is 1.69. The van der Waals surface area contributed by atoms with Crippen molar-refractivity contribution in [2.45, 2.75) is 5.92 Å². The molecule has 0 bridgehead atoms. The minimum atomic E-state index is -0.328. The molecule has 0 atom stereocenters. The molecule has 0 saturated heterocycles. The molecular formula is C16H14O4. The number of carbonyl (C=O) groups excluding carboxylic acids is 1. The fourth-order valence-corrected chi connectivity index (χ4v) is 2.41. The van der Waals surface area contributed by atoms with Crippen LogP contribution in [0.4, 0.5) is 0 Å². The Morgan fingerprint density at radius 3 is 1.85 bits per heavy atom. The van der Waals surface area contributed by atoms with Gasteiger partial charge in [0.05, 0.1) is 20.1 Å². The van der Waals surface area contributed by atoms with E-state index in [9.17, 15) is 4.79 Å². The zero-order chi connectivity index (χ0) is 14.1. The maximum absolute atomic E-state index is 11.5. The summed E-state index contributed by atoms with van der Waals surface area (Å²) in [7, 11) is 3.19. The molecule has 4 nitrogen and oxygen atoms in total. The van der Waals surface area contributed by atoms with Crippen LogP contribution in [0.15, 0.2) is 36.4 Å². The lowest BCUT2D eigenvalue weighted by Gasteiger charge is -2.25. The van der Waals surface area contributed by atoms with Gasteiger partial charge in [0, 0.05) is 23.3 Å². The van der Waals surface area contributed by atoms with E-state index in [1.807, 2.05) is 24.3 Å². The summed E-state index contributed by atoms with van der Waals surface area (Å²) in [5, 5.41) is 0. The van der Waals surface area contributed by atoms with Gasteiger partial charge in [-0.05, 0) is 12.1 Å². The molecule has 3 rings (SSSR count). The molecular weight excluding hydrogens is 256 g/mol. The highest BCUT2D eigenvalue weighted by molar-refractivity contribution is 5.75. The van der Waals surface area contributed by atoms with Crippen LogP contribution in [-0.4, -0.2) is 20.5 Å². The van der Waals surface area contributed by atoms with Crippen molar-refractivity contribution >= 4 is 6.29 Å². The molecule has 1 aliphatic heterocycles. The van der Waals surface area contributed by atoms with E-state index in [0.29, 0.717) is 23.0 Å². The van der Waals surface area contributed by atoms with Crippen LogP contribution in [0.2, 0.25) is 0 Å². The fourth-order valence-electron chi connectivity index (χ4n) is 2.41. The number of hydrogen-bond acceptors (Lipinski definition) is 4. The number of aldehydes is 1. The second-order valence-corrected chi connectivity index (χ2v) is 4.52. The second kappa shape index (κ2) is 4.89. The zero-order valence-electron chi connectivity index (χ0n) is 11.3. The molecule has 0 unspecified atom stereocenters. The molecule has 0 aromatic heterocycles. The van der Waals surface area contributed by atoms with Gasteiger partial charge in [-0.15, -0.1) is 0 Å². The van der Waals surface area contributed by atoms with Crippen molar-refractivity contribution in [3.05, 3.63) is 47.5 Å². The summed E-state index contributed by atoms with van der Waals surface area (Å²) in [6.45, 7) is 0. The molecule has 0 amide bonds. The molecule has 102 valence electrons. The Morgan fingerprint density at radius 2 is 1.45 bits per heavy atom. The van der Waals surface area contributed by atoms with Gasteiger partial charge < -0.3 is 19.0 Å². The van der Waals surface area contributed by atoms with Gasteiger partial charge in [-0.3, -0.25) is 0 Å². The van der Waals surface area contributed by atoms with Gasteiger partial charge in [0.1, 0.15) is 29.3 Å². The van der Waals surface area contributed by atoms with Crippen LogP contribution >= 0.6 is 0 Å².